The first-order valence-electron chi connectivity index (χ1n) is 6.50. The predicted molar refractivity (Wildman–Crippen MR) is 73.2 cm³/mol. The molecular weight excluding hydrogens is 250 g/mol. The highest BCUT2D eigenvalue weighted by atomic mass is 35.5. The van der Waals surface area contributed by atoms with Gasteiger partial charge in [0.25, 0.3) is 0 Å². The molecule has 0 spiro atoms. The zero-order valence-corrected chi connectivity index (χ0v) is 11.7. The maximum atomic E-state index is 8.98. The van der Waals surface area contributed by atoms with Crippen molar-refractivity contribution in [3.8, 4) is 0 Å². The molecule has 0 saturated carbocycles. The first kappa shape index (κ1) is 13.6. The smallest absolute Gasteiger partial charge is 0.135 e. The summed E-state index contributed by atoms with van der Waals surface area (Å²) >= 11 is 6.05. The van der Waals surface area contributed by atoms with Crippen molar-refractivity contribution in [3.05, 3.63) is 17.0 Å². The van der Waals surface area contributed by atoms with Gasteiger partial charge in [-0.3, -0.25) is 0 Å². The van der Waals surface area contributed by atoms with E-state index in [1.165, 1.54) is 0 Å². The van der Waals surface area contributed by atoms with Crippen molar-refractivity contribution in [1.82, 2.24) is 9.97 Å². The van der Waals surface area contributed by atoms with Crippen molar-refractivity contribution in [1.29, 1.82) is 0 Å². The van der Waals surface area contributed by atoms with Gasteiger partial charge in [0.2, 0.25) is 0 Å². The third-order valence-corrected chi connectivity index (χ3v) is 3.56. The lowest BCUT2D eigenvalue weighted by atomic mass is 10.1. The van der Waals surface area contributed by atoms with E-state index in [4.69, 9.17) is 16.7 Å². The van der Waals surface area contributed by atoms with Gasteiger partial charge in [0.05, 0.1) is 0 Å². The van der Waals surface area contributed by atoms with Gasteiger partial charge in [-0.05, 0) is 18.8 Å². The molecular formula is C13H20ClN3O. The summed E-state index contributed by atoms with van der Waals surface area (Å²) < 4.78 is 0. The Hall–Kier alpha value is -0.870. The van der Waals surface area contributed by atoms with Gasteiger partial charge in [0, 0.05) is 31.7 Å². The van der Waals surface area contributed by atoms with Crippen molar-refractivity contribution >= 4 is 17.4 Å². The van der Waals surface area contributed by atoms with Gasteiger partial charge < -0.3 is 10.0 Å². The molecule has 1 N–H and O–H groups in total. The number of hydrogen-bond donors (Lipinski definition) is 1. The average molecular weight is 270 g/mol. The number of aromatic nitrogens is 2. The summed E-state index contributed by atoms with van der Waals surface area (Å²) in [6, 6.07) is 1.83. The van der Waals surface area contributed by atoms with E-state index in [2.05, 4.69) is 28.7 Å². The van der Waals surface area contributed by atoms with E-state index in [1.54, 1.807) is 0 Å². The van der Waals surface area contributed by atoms with Crippen LogP contribution < -0.4 is 4.90 Å². The van der Waals surface area contributed by atoms with E-state index in [9.17, 15) is 0 Å². The Morgan fingerprint density at radius 3 is 2.94 bits per heavy atom. The highest BCUT2D eigenvalue weighted by molar-refractivity contribution is 6.29. The predicted octanol–water partition coefficient (Wildman–Crippen LogP) is 2.46. The van der Waals surface area contributed by atoms with Gasteiger partial charge in [-0.1, -0.05) is 25.4 Å². The number of anilines is 1. The molecule has 1 aromatic rings. The van der Waals surface area contributed by atoms with E-state index in [1.807, 2.05) is 6.07 Å². The molecule has 100 valence electrons. The van der Waals surface area contributed by atoms with Crippen LogP contribution in [0.3, 0.4) is 0 Å². The Morgan fingerprint density at radius 1 is 1.50 bits per heavy atom. The lowest BCUT2D eigenvalue weighted by Gasteiger charge is -2.19. The molecule has 1 aliphatic rings. The Morgan fingerprint density at radius 2 is 2.28 bits per heavy atom. The Bertz CT molecular complexity index is 411. The molecule has 1 fully saturated rings. The molecule has 5 heteroatoms. The molecule has 18 heavy (non-hydrogen) atoms. The topological polar surface area (TPSA) is 49.2 Å². The molecule has 0 aromatic carbocycles. The quantitative estimate of drug-likeness (QED) is 0.853. The van der Waals surface area contributed by atoms with Gasteiger partial charge in [-0.25, -0.2) is 9.97 Å². The summed E-state index contributed by atoms with van der Waals surface area (Å²) in [4.78, 5) is 11.1. The van der Waals surface area contributed by atoms with Crippen LogP contribution >= 0.6 is 11.6 Å². The largest absolute Gasteiger partial charge is 0.396 e. The summed E-state index contributed by atoms with van der Waals surface area (Å²) in [7, 11) is 0. The van der Waals surface area contributed by atoms with Gasteiger partial charge in [-0.2, -0.15) is 0 Å². The molecule has 2 rings (SSSR count). The molecule has 0 aliphatic carbocycles. The van der Waals surface area contributed by atoms with Crippen LogP contribution in [0.2, 0.25) is 5.15 Å². The van der Waals surface area contributed by atoms with Crippen molar-refractivity contribution in [2.75, 3.05) is 24.6 Å². The number of aliphatic hydroxyl groups excluding tert-OH is 1. The molecule has 1 saturated heterocycles. The van der Waals surface area contributed by atoms with E-state index in [0.29, 0.717) is 11.1 Å². The lowest BCUT2D eigenvalue weighted by Crippen LogP contribution is -2.22. The van der Waals surface area contributed by atoms with Crippen molar-refractivity contribution in [3.63, 3.8) is 0 Å². The van der Waals surface area contributed by atoms with Crippen LogP contribution in [0.25, 0.3) is 0 Å². The van der Waals surface area contributed by atoms with E-state index in [0.717, 1.165) is 37.6 Å². The molecule has 1 aromatic heterocycles. The molecule has 1 atom stereocenters. The SMILES string of the molecule is CC(C)c1nc(Cl)cc(N2CCC(CCO)C2)n1. The van der Waals surface area contributed by atoms with Crippen LogP contribution in [0.1, 0.15) is 38.4 Å². The lowest BCUT2D eigenvalue weighted by molar-refractivity contribution is 0.263. The molecule has 2 heterocycles. The summed E-state index contributed by atoms with van der Waals surface area (Å²) in [5, 5.41) is 9.49. The van der Waals surface area contributed by atoms with Crippen molar-refractivity contribution in [2.24, 2.45) is 5.92 Å². The molecule has 0 bridgehead atoms. The fourth-order valence-electron chi connectivity index (χ4n) is 2.30. The normalized spacial score (nSPS) is 19.8. The number of nitrogens with zero attached hydrogens (tertiary/aromatic N) is 3. The summed E-state index contributed by atoms with van der Waals surface area (Å²) in [5.74, 6) is 2.55. The minimum absolute atomic E-state index is 0.264. The molecule has 4 nitrogen and oxygen atoms in total. The Kier molecular flexibility index (Phi) is 4.40. The third kappa shape index (κ3) is 3.12. The first-order chi connectivity index (χ1) is 8.60. The minimum Gasteiger partial charge on any atom is -0.396 e. The monoisotopic (exact) mass is 269 g/mol. The maximum absolute atomic E-state index is 8.98. The maximum Gasteiger partial charge on any atom is 0.135 e. The van der Waals surface area contributed by atoms with E-state index in [-0.39, 0.29) is 12.5 Å². The zero-order chi connectivity index (χ0) is 13.1. The standard InChI is InChI=1S/C13H20ClN3O/c1-9(2)13-15-11(14)7-12(16-13)17-5-3-10(8-17)4-6-18/h7,9-10,18H,3-6,8H2,1-2H3. The minimum atomic E-state index is 0.264. The zero-order valence-electron chi connectivity index (χ0n) is 10.9. The number of rotatable bonds is 4. The van der Waals surface area contributed by atoms with Gasteiger partial charge in [0.1, 0.15) is 16.8 Å². The summed E-state index contributed by atoms with van der Waals surface area (Å²) in [5.41, 5.74) is 0. The summed E-state index contributed by atoms with van der Waals surface area (Å²) in [6.45, 7) is 6.32. The van der Waals surface area contributed by atoms with Crippen LogP contribution in [0.15, 0.2) is 6.07 Å². The number of halogens is 1. The Balaban J connectivity index is 2.14. The second kappa shape index (κ2) is 5.85. The molecule has 1 aliphatic heterocycles. The van der Waals surface area contributed by atoms with Crippen molar-refractivity contribution in [2.45, 2.75) is 32.6 Å². The number of hydrogen-bond acceptors (Lipinski definition) is 4. The van der Waals surface area contributed by atoms with E-state index >= 15 is 0 Å². The summed E-state index contributed by atoms with van der Waals surface area (Å²) in [6.07, 6.45) is 1.98. The van der Waals surface area contributed by atoms with Gasteiger partial charge in [0.15, 0.2) is 0 Å². The van der Waals surface area contributed by atoms with Crippen LogP contribution in [0.4, 0.5) is 5.82 Å². The van der Waals surface area contributed by atoms with Gasteiger partial charge >= 0.3 is 0 Å². The van der Waals surface area contributed by atoms with Crippen molar-refractivity contribution < 1.29 is 5.11 Å². The van der Waals surface area contributed by atoms with Gasteiger partial charge in [-0.15, -0.1) is 0 Å². The van der Waals surface area contributed by atoms with Crippen LogP contribution in [-0.2, 0) is 0 Å². The third-order valence-electron chi connectivity index (χ3n) is 3.36. The van der Waals surface area contributed by atoms with Crippen LogP contribution in [0.5, 0.6) is 0 Å². The first-order valence-corrected chi connectivity index (χ1v) is 6.88. The fraction of sp³-hybridized carbons (Fsp3) is 0.692. The molecule has 0 amide bonds. The highest BCUT2D eigenvalue weighted by Gasteiger charge is 2.23. The second-order valence-corrected chi connectivity index (χ2v) is 5.56. The average Bonchev–Trinajstić information content (AvgIpc) is 2.77. The second-order valence-electron chi connectivity index (χ2n) is 5.17. The molecule has 0 radical (unpaired) electrons. The molecule has 1 unspecified atom stereocenters. The Labute approximate surface area is 113 Å². The van der Waals surface area contributed by atoms with Crippen LogP contribution in [-0.4, -0.2) is 34.8 Å². The van der Waals surface area contributed by atoms with E-state index < -0.39 is 0 Å². The number of aliphatic hydroxyl groups is 1. The fourth-order valence-corrected chi connectivity index (χ4v) is 2.49. The van der Waals surface area contributed by atoms with Crippen LogP contribution in [0, 0.1) is 5.92 Å². The highest BCUT2D eigenvalue weighted by Crippen LogP contribution is 2.26.